The van der Waals surface area contributed by atoms with Gasteiger partial charge in [-0.2, -0.15) is 0 Å². The van der Waals surface area contributed by atoms with E-state index >= 15 is 0 Å². The summed E-state index contributed by atoms with van der Waals surface area (Å²) in [6.45, 7) is 0. The first-order valence-corrected chi connectivity index (χ1v) is 5.82. The van der Waals surface area contributed by atoms with Crippen LogP contribution in [-0.4, -0.2) is 10.8 Å². The molecule has 0 unspecified atom stereocenters. The van der Waals surface area contributed by atoms with Crippen LogP contribution in [0.3, 0.4) is 0 Å². The molecule has 2 rings (SSSR count). The summed E-state index contributed by atoms with van der Waals surface area (Å²) in [5.41, 5.74) is 0.861. The minimum absolute atomic E-state index is 0.196. The Morgan fingerprint density at radius 3 is 2.12 bits per heavy atom. The lowest BCUT2D eigenvalue weighted by Crippen LogP contribution is -2.01. The average Bonchev–Trinajstić information content (AvgIpc) is 2.28. The molecule has 0 amide bonds. The summed E-state index contributed by atoms with van der Waals surface area (Å²) in [7, 11) is 0. The Kier molecular flexibility index (Phi) is 3.67. The molecule has 5 heteroatoms. The SMILES string of the molecule is O=C(c1ccc(Cl)nc1)c1cc(Cl)cc(Cl)c1. The number of carbonyl (C=O) groups is 1. The number of hydrogen-bond acceptors (Lipinski definition) is 2. The van der Waals surface area contributed by atoms with Gasteiger partial charge in [0.05, 0.1) is 0 Å². The minimum atomic E-state index is -0.196. The van der Waals surface area contributed by atoms with E-state index in [0.717, 1.165) is 0 Å². The van der Waals surface area contributed by atoms with Crippen molar-refractivity contribution in [2.75, 3.05) is 0 Å². The van der Waals surface area contributed by atoms with Crippen molar-refractivity contribution in [3.05, 3.63) is 62.9 Å². The zero-order chi connectivity index (χ0) is 12.4. The predicted molar refractivity (Wildman–Crippen MR) is 69.1 cm³/mol. The van der Waals surface area contributed by atoms with Crippen molar-refractivity contribution >= 4 is 40.6 Å². The molecule has 1 aromatic carbocycles. The highest BCUT2D eigenvalue weighted by molar-refractivity contribution is 6.35. The molecule has 2 aromatic rings. The average molecular weight is 287 g/mol. The summed E-state index contributed by atoms with van der Waals surface area (Å²) in [6.07, 6.45) is 1.42. The Morgan fingerprint density at radius 2 is 1.59 bits per heavy atom. The Morgan fingerprint density at radius 1 is 0.941 bits per heavy atom. The largest absolute Gasteiger partial charge is 0.289 e. The molecule has 1 aromatic heterocycles. The van der Waals surface area contributed by atoms with Crippen molar-refractivity contribution in [2.45, 2.75) is 0 Å². The molecule has 86 valence electrons. The van der Waals surface area contributed by atoms with Gasteiger partial charge in [-0.3, -0.25) is 4.79 Å². The molecule has 0 saturated carbocycles. The van der Waals surface area contributed by atoms with Crippen molar-refractivity contribution in [2.24, 2.45) is 0 Å². The molecule has 0 aliphatic heterocycles. The van der Waals surface area contributed by atoms with E-state index in [2.05, 4.69) is 4.98 Å². The number of aromatic nitrogens is 1. The highest BCUT2D eigenvalue weighted by Gasteiger charge is 2.11. The molecule has 0 saturated heterocycles. The second-order valence-electron chi connectivity index (χ2n) is 3.36. The molecule has 2 nitrogen and oxygen atoms in total. The first kappa shape index (κ1) is 12.4. The van der Waals surface area contributed by atoms with Crippen LogP contribution >= 0.6 is 34.8 Å². The Balaban J connectivity index is 2.40. The van der Waals surface area contributed by atoms with Crippen molar-refractivity contribution in [3.8, 4) is 0 Å². The van der Waals surface area contributed by atoms with Crippen LogP contribution in [0.2, 0.25) is 15.2 Å². The lowest BCUT2D eigenvalue weighted by molar-refractivity contribution is 0.103. The molecule has 17 heavy (non-hydrogen) atoms. The van der Waals surface area contributed by atoms with Gasteiger partial charge in [-0.25, -0.2) is 4.98 Å². The van der Waals surface area contributed by atoms with Gasteiger partial charge < -0.3 is 0 Å². The zero-order valence-corrected chi connectivity index (χ0v) is 10.7. The van der Waals surface area contributed by atoms with E-state index in [-0.39, 0.29) is 5.78 Å². The maximum atomic E-state index is 12.1. The van der Waals surface area contributed by atoms with Crippen LogP contribution in [0.1, 0.15) is 15.9 Å². The summed E-state index contributed by atoms with van der Waals surface area (Å²) in [5, 5.41) is 1.18. The standard InChI is InChI=1S/C12H6Cl3NO/c13-9-3-8(4-10(14)5-9)12(17)7-1-2-11(15)16-6-7/h1-6H. The van der Waals surface area contributed by atoms with E-state index in [1.165, 1.54) is 6.20 Å². The molecule has 0 aliphatic rings. The normalized spacial score (nSPS) is 10.3. The quantitative estimate of drug-likeness (QED) is 0.609. The number of halogens is 3. The van der Waals surface area contributed by atoms with Crippen LogP contribution in [0.5, 0.6) is 0 Å². The Hall–Kier alpha value is -1.09. The Bertz CT molecular complexity index is 546. The molecule has 0 fully saturated rings. The molecule has 1 heterocycles. The van der Waals surface area contributed by atoms with Gasteiger partial charge in [0.15, 0.2) is 5.78 Å². The van der Waals surface area contributed by atoms with E-state index < -0.39 is 0 Å². The van der Waals surface area contributed by atoms with Gasteiger partial charge in [-0.05, 0) is 30.3 Å². The molecule has 0 N–H and O–H groups in total. The molecular formula is C12H6Cl3NO. The third-order valence-electron chi connectivity index (χ3n) is 2.11. The highest BCUT2D eigenvalue weighted by Crippen LogP contribution is 2.21. The number of nitrogens with zero attached hydrogens (tertiary/aromatic N) is 1. The van der Waals surface area contributed by atoms with Crippen molar-refractivity contribution in [1.29, 1.82) is 0 Å². The number of pyridine rings is 1. The van der Waals surface area contributed by atoms with Crippen molar-refractivity contribution < 1.29 is 4.79 Å². The monoisotopic (exact) mass is 285 g/mol. The van der Waals surface area contributed by atoms with Gasteiger partial charge in [0.1, 0.15) is 5.15 Å². The third kappa shape index (κ3) is 2.97. The number of carbonyl (C=O) groups excluding carboxylic acids is 1. The fraction of sp³-hybridized carbons (Fsp3) is 0. The second kappa shape index (κ2) is 5.05. The number of rotatable bonds is 2. The summed E-state index contributed by atoms with van der Waals surface area (Å²) >= 11 is 17.3. The van der Waals surface area contributed by atoms with E-state index in [4.69, 9.17) is 34.8 Å². The summed E-state index contributed by atoms with van der Waals surface area (Å²) < 4.78 is 0. The third-order valence-corrected chi connectivity index (χ3v) is 2.77. The first-order valence-electron chi connectivity index (χ1n) is 4.68. The van der Waals surface area contributed by atoms with Gasteiger partial charge in [-0.15, -0.1) is 0 Å². The second-order valence-corrected chi connectivity index (χ2v) is 4.62. The van der Waals surface area contributed by atoms with Gasteiger partial charge in [0, 0.05) is 27.4 Å². The van der Waals surface area contributed by atoms with E-state index in [1.807, 2.05) is 0 Å². The number of ketones is 1. The van der Waals surface area contributed by atoms with Gasteiger partial charge in [-0.1, -0.05) is 34.8 Å². The smallest absolute Gasteiger partial charge is 0.194 e. The fourth-order valence-electron chi connectivity index (χ4n) is 1.36. The molecule has 0 bridgehead atoms. The lowest BCUT2D eigenvalue weighted by Gasteiger charge is -2.02. The maximum absolute atomic E-state index is 12.1. The molecule has 0 radical (unpaired) electrons. The predicted octanol–water partition coefficient (Wildman–Crippen LogP) is 4.27. The van der Waals surface area contributed by atoms with E-state index in [0.29, 0.717) is 26.3 Å². The first-order chi connectivity index (χ1) is 8.06. The van der Waals surface area contributed by atoms with Crippen LogP contribution in [0.25, 0.3) is 0 Å². The minimum Gasteiger partial charge on any atom is -0.289 e. The van der Waals surface area contributed by atoms with Crippen molar-refractivity contribution in [1.82, 2.24) is 4.98 Å². The maximum Gasteiger partial charge on any atom is 0.194 e. The topological polar surface area (TPSA) is 30.0 Å². The zero-order valence-electron chi connectivity index (χ0n) is 8.45. The van der Waals surface area contributed by atoms with Crippen LogP contribution in [0.4, 0.5) is 0 Å². The van der Waals surface area contributed by atoms with Crippen LogP contribution in [0, 0.1) is 0 Å². The molecule has 0 aliphatic carbocycles. The summed E-state index contributed by atoms with van der Waals surface area (Å²) in [5.74, 6) is -0.196. The van der Waals surface area contributed by atoms with Gasteiger partial charge >= 0.3 is 0 Å². The summed E-state index contributed by atoms with van der Waals surface area (Å²) in [4.78, 5) is 15.9. The summed E-state index contributed by atoms with van der Waals surface area (Å²) in [6, 6.07) is 7.85. The Labute approximate surface area is 113 Å². The lowest BCUT2D eigenvalue weighted by atomic mass is 10.1. The highest BCUT2D eigenvalue weighted by atomic mass is 35.5. The van der Waals surface area contributed by atoms with Crippen molar-refractivity contribution in [3.63, 3.8) is 0 Å². The van der Waals surface area contributed by atoms with E-state index in [9.17, 15) is 4.79 Å². The fourth-order valence-corrected chi connectivity index (χ4v) is 2.00. The number of hydrogen-bond donors (Lipinski definition) is 0. The molecule has 0 atom stereocenters. The van der Waals surface area contributed by atoms with Crippen LogP contribution < -0.4 is 0 Å². The van der Waals surface area contributed by atoms with Gasteiger partial charge in [0.2, 0.25) is 0 Å². The molecular weight excluding hydrogens is 280 g/mol. The van der Waals surface area contributed by atoms with E-state index in [1.54, 1.807) is 30.3 Å². The van der Waals surface area contributed by atoms with Crippen LogP contribution in [0.15, 0.2) is 36.5 Å². The van der Waals surface area contributed by atoms with Crippen LogP contribution in [-0.2, 0) is 0 Å². The number of benzene rings is 1. The van der Waals surface area contributed by atoms with Gasteiger partial charge in [0.25, 0.3) is 0 Å². The molecule has 0 spiro atoms.